The molecule has 0 aromatic heterocycles. The van der Waals surface area contributed by atoms with Gasteiger partial charge < -0.3 is 10.0 Å². The molecule has 1 fully saturated rings. The Labute approximate surface area is 85.4 Å². The molecule has 0 aromatic carbocycles. The Balaban J connectivity index is 2.75. The van der Waals surface area contributed by atoms with Crippen molar-refractivity contribution >= 4 is 5.91 Å². The van der Waals surface area contributed by atoms with E-state index in [1.54, 1.807) is 4.90 Å². The number of nitrogens with zero attached hydrogens (tertiary/aromatic N) is 1. The molecule has 0 saturated heterocycles. The number of amides is 1. The number of hydrogen-bond donors (Lipinski definition) is 1. The third kappa shape index (κ3) is 2.35. The highest BCUT2D eigenvalue weighted by atomic mass is 16.3. The molecular weight excluding hydrogens is 178 g/mol. The van der Waals surface area contributed by atoms with Crippen LogP contribution < -0.4 is 0 Å². The van der Waals surface area contributed by atoms with E-state index in [4.69, 9.17) is 0 Å². The fraction of sp³-hybridized carbons (Fsp3) is 0.727. The second-order valence-electron chi connectivity index (χ2n) is 4.04. The van der Waals surface area contributed by atoms with Crippen LogP contribution in [-0.4, -0.2) is 28.1 Å². The molecule has 3 nitrogen and oxygen atoms in total. The van der Waals surface area contributed by atoms with Gasteiger partial charge in [-0.2, -0.15) is 0 Å². The average molecular weight is 197 g/mol. The van der Waals surface area contributed by atoms with Crippen LogP contribution in [0.1, 0.15) is 39.5 Å². The van der Waals surface area contributed by atoms with Gasteiger partial charge in [0.25, 0.3) is 0 Å². The third-order valence-electron chi connectivity index (χ3n) is 2.78. The molecule has 1 saturated carbocycles. The van der Waals surface area contributed by atoms with E-state index in [9.17, 15) is 9.90 Å². The second kappa shape index (κ2) is 4.60. The number of allylic oxidation sites excluding steroid dienone is 1. The normalized spacial score (nSPS) is 27.1. The maximum Gasteiger partial charge on any atom is 0.223 e. The van der Waals surface area contributed by atoms with Crippen LogP contribution >= 0.6 is 0 Å². The molecule has 3 heteroatoms. The average Bonchev–Trinajstić information content (AvgIpc) is 2.07. The molecule has 1 amide bonds. The smallest absolute Gasteiger partial charge is 0.223 e. The van der Waals surface area contributed by atoms with E-state index < -0.39 is 0 Å². The van der Waals surface area contributed by atoms with E-state index in [2.05, 4.69) is 6.58 Å². The Bertz CT molecular complexity index is 223. The maximum absolute atomic E-state index is 11.4. The number of aliphatic hydroxyl groups excluding tert-OH is 1. The van der Waals surface area contributed by atoms with Crippen molar-refractivity contribution < 1.29 is 9.90 Å². The Morgan fingerprint density at radius 1 is 1.36 bits per heavy atom. The first kappa shape index (κ1) is 11.2. The molecule has 0 aliphatic heterocycles. The molecule has 80 valence electrons. The molecule has 0 aromatic rings. The first-order valence-corrected chi connectivity index (χ1v) is 5.17. The van der Waals surface area contributed by atoms with Crippen molar-refractivity contribution in [1.82, 2.24) is 4.90 Å². The molecule has 14 heavy (non-hydrogen) atoms. The van der Waals surface area contributed by atoms with Crippen molar-refractivity contribution in [2.75, 3.05) is 0 Å². The zero-order chi connectivity index (χ0) is 10.7. The molecule has 1 rings (SSSR count). The second-order valence-corrected chi connectivity index (χ2v) is 4.04. The Morgan fingerprint density at radius 3 is 2.36 bits per heavy atom. The van der Waals surface area contributed by atoms with Crippen molar-refractivity contribution in [3.63, 3.8) is 0 Å². The van der Waals surface area contributed by atoms with Gasteiger partial charge in [0.15, 0.2) is 0 Å². The molecule has 0 bridgehead atoms. The summed E-state index contributed by atoms with van der Waals surface area (Å²) in [5.41, 5.74) is 0.725. The van der Waals surface area contributed by atoms with Gasteiger partial charge in [-0.3, -0.25) is 4.79 Å². The van der Waals surface area contributed by atoms with Gasteiger partial charge in [0, 0.05) is 12.6 Å². The quantitative estimate of drug-likeness (QED) is 0.731. The summed E-state index contributed by atoms with van der Waals surface area (Å²) in [5.74, 6) is -0.0246. The van der Waals surface area contributed by atoms with Gasteiger partial charge in [0.2, 0.25) is 5.91 Å². The predicted molar refractivity (Wildman–Crippen MR) is 55.6 cm³/mol. The van der Waals surface area contributed by atoms with Gasteiger partial charge >= 0.3 is 0 Å². The molecule has 0 spiro atoms. The zero-order valence-corrected chi connectivity index (χ0v) is 8.99. The minimum atomic E-state index is -0.385. The van der Waals surface area contributed by atoms with Crippen LogP contribution in [0.4, 0.5) is 0 Å². The fourth-order valence-corrected chi connectivity index (χ4v) is 2.18. The molecule has 1 N–H and O–H groups in total. The van der Waals surface area contributed by atoms with Gasteiger partial charge in [-0.15, -0.1) is 0 Å². The first-order chi connectivity index (χ1) is 6.54. The van der Waals surface area contributed by atoms with E-state index in [0.29, 0.717) is 0 Å². The van der Waals surface area contributed by atoms with E-state index in [1.807, 2.05) is 6.92 Å². The van der Waals surface area contributed by atoms with Crippen molar-refractivity contribution in [1.29, 1.82) is 0 Å². The Kier molecular flexibility index (Phi) is 3.69. The lowest BCUT2D eigenvalue weighted by molar-refractivity contribution is -0.132. The topological polar surface area (TPSA) is 40.5 Å². The van der Waals surface area contributed by atoms with Crippen molar-refractivity contribution in [2.24, 2.45) is 0 Å². The molecule has 2 atom stereocenters. The number of rotatable bonds is 2. The van der Waals surface area contributed by atoms with Crippen LogP contribution in [-0.2, 0) is 4.79 Å². The highest BCUT2D eigenvalue weighted by Crippen LogP contribution is 2.25. The zero-order valence-electron chi connectivity index (χ0n) is 8.99. The van der Waals surface area contributed by atoms with Crippen LogP contribution in [0.2, 0.25) is 0 Å². The monoisotopic (exact) mass is 197 g/mol. The lowest BCUT2D eigenvalue weighted by Gasteiger charge is -2.37. The molecule has 0 radical (unpaired) electrons. The summed E-state index contributed by atoms with van der Waals surface area (Å²) >= 11 is 0. The Morgan fingerprint density at radius 2 is 1.93 bits per heavy atom. The van der Waals surface area contributed by atoms with Gasteiger partial charge in [-0.25, -0.2) is 0 Å². The van der Waals surface area contributed by atoms with Crippen LogP contribution in [0.5, 0.6) is 0 Å². The molecular formula is C11H19NO2. The number of hydrogen-bond acceptors (Lipinski definition) is 2. The Hall–Kier alpha value is -0.830. The third-order valence-corrected chi connectivity index (χ3v) is 2.78. The summed E-state index contributed by atoms with van der Waals surface area (Å²) in [6.07, 6.45) is 3.43. The van der Waals surface area contributed by atoms with Gasteiger partial charge in [0.05, 0.1) is 12.1 Å². The van der Waals surface area contributed by atoms with Crippen LogP contribution in [0.25, 0.3) is 0 Å². The van der Waals surface area contributed by atoms with Gasteiger partial charge in [-0.1, -0.05) is 19.4 Å². The minimum Gasteiger partial charge on any atom is -0.391 e. The van der Waals surface area contributed by atoms with Crippen molar-refractivity contribution in [2.45, 2.75) is 51.7 Å². The van der Waals surface area contributed by atoms with E-state index in [-0.39, 0.29) is 18.1 Å². The summed E-state index contributed by atoms with van der Waals surface area (Å²) in [5, 5.41) is 9.80. The fourth-order valence-electron chi connectivity index (χ4n) is 2.18. The lowest BCUT2D eigenvalue weighted by atomic mass is 9.91. The number of aliphatic hydroxyl groups is 1. The van der Waals surface area contributed by atoms with Crippen LogP contribution in [0.15, 0.2) is 12.3 Å². The number of carbonyl (C=O) groups is 1. The largest absolute Gasteiger partial charge is 0.391 e. The standard InChI is InChI=1S/C11H19NO2/c1-8(2)12(9(3)13)10-6-4-5-7-11(10)14/h10-11,14H,1,4-7H2,2-3H3. The summed E-state index contributed by atoms with van der Waals surface area (Å²) in [6.45, 7) is 7.11. The summed E-state index contributed by atoms with van der Waals surface area (Å²) < 4.78 is 0. The van der Waals surface area contributed by atoms with E-state index in [1.165, 1.54) is 6.92 Å². The molecule has 2 unspecified atom stereocenters. The van der Waals surface area contributed by atoms with Gasteiger partial charge in [-0.05, 0) is 19.8 Å². The molecule has 1 aliphatic carbocycles. The maximum atomic E-state index is 11.4. The van der Waals surface area contributed by atoms with E-state index >= 15 is 0 Å². The summed E-state index contributed by atoms with van der Waals surface area (Å²) in [6, 6.07) is -0.0567. The SMILES string of the molecule is C=C(C)N(C(C)=O)C1CCCCC1O. The highest BCUT2D eigenvalue weighted by molar-refractivity contribution is 5.75. The van der Waals surface area contributed by atoms with Crippen molar-refractivity contribution in [3.05, 3.63) is 12.3 Å². The minimum absolute atomic E-state index is 0.0246. The first-order valence-electron chi connectivity index (χ1n) is 5.17. The van der Waals surface area contributed by atoms with E-state index in [0.717, 1.165) is 31.4 Å². The highest BCUT2D eigenvalue weighted by Gasteiger charge is 2.30. The molecule has 0 heterocycles. The van der Waals surface area contributed by atoms with Crippen LogP contribution in [0.3, 0.4) is 0 Å². The van der Waals surface area contributed by atoms with Gasteiger partial charge in [0.1, 0.15) is 0 Å². The molecule has 1 aliphatic rings. The predicted octanol–water partition coefficient (Wildman–Crippen LogP) is 1.67. The summed E-state index contributed by atoms with van der Waals surface area (Å²) in [7, 11) is 0. The van der Waals surface area contributed by atoms with Crippen LogP contribution in [0, 0.1) is 0 Å². The lowest BCUT2D eigenvalue weighted by Crippen LogP contribution is -2.46. The summed E-state index contributed by atoms with van der Waals surface area (Å²) in [4.78, 5) is 13.0. The van der Waals surface area contributed by atoms with Crippen molar-refractivity contribution in [3.8, 4) is 0 Å². The number of carbonyl (C=O) groups excluding carboxylic acids is 1.